The Morgan fingerprint density at radius 2 is 1.76 bits per heavy atom. The van der Waals surface area contributed by atoms with Crippen molar-refractivity contribution < 1.29 is 22.7 Å². The lowest BCUT2D eigenvalue weighted by Crippen LogP contribution is -2.38. The fourth-order valence-electron chi connectivity index (χ4n) is 3.66. The quantitative estimate of drug-likeness (QED) is 0.328. The molecule has 0 unspecified atom stereocenters. The van der Waals surface area contributed by atoms with Gasteiger partial charge >= 0.3 is 6.18 Å². The number of alkyl halides is 3. The van der Waals surface area contributed by atoms with Gasteiger partial charge in [0.05, 0.1) is 11.1 Å². The Kier molecular flexibility index (Phi) is 7.51. The molecule has 0 saturated carbocycles. The van der Waals surface area contributed by atoms with Gasteiger partial charge in [0, 0.05) is 19.0 Å². The summed E-state index contributed by atoms with van der Waals surface area (Å²) in [6.07, 6.45) is -4.62. The van der Waals surface area contributed by atoms with E-state index in [0.29, 0.717) is 0 Å². The van der Waals surface area contributed by atoms with Gasteiger partial charge in [-0.05, 0) is 42.4 Å². The number of hydrogen-bond donors (Lipinski definition) is 3. The molecule has 4 N–H and O–H groups in total. The summed E-state index contributed by atoms with van der Waals surface area (Å²) < 4.78 is 46.8. The molecule has 0 spiro atoms. The molecule has 182 valence electrons. The largest absolute Gasteiger partial charge is 0.487 e. The zero-order chi connectivity index (χ0) is 25.0. The summed E-state index contributed by atoms with van der Waals surface area (Å²) in [7, 11) is 1.27. The van der Waals surface area contributed by atoms with Crippen molar-refractivity contribution in [3.8, 4) is 5.75 Å². The van der Waals surface area contributed by atoms with E-state index in [-0.39, 0.29) is 29.0 Å². The summed E-state index contributed by atoms with van der Waals surface area (Å²) in [4.78, 5) is 18.4. The second kappa shape index (κ2) is 10.2. The number of nitrogens with zero attached hydrogens (tertiary/aromatic N) is 2. The van der Waals surface area contributed by atoms with Crippen LogP contribution in [-0.2, 0) is 19.3 Å². The summed E-state index contributed by atoms with van der Waals surface area (Å²) >= 11 is 0. The van der Waals surface area contributed by atoms with Gasteiger partial charge in [0.15, 0.2) is 5.96 Å². The molecule has 0 bridgehead atoms. The smallest absolute Gasteiger partial charge is 0.417 e. The van der Waals surface area contributed by atoms with Crippen molar-refractivity contribution in [3.05, 3.63) is 64.8 Å². The number of rotatable bonds is 8. The molecule has 1 amide bonds. The number of fused-ring (bicyclic) bond motifs is 1. The number of carbonyl (C=O) groups excluding carboxylic acids is 1. The molecule has 34 heavy (non-hydrogen) atoms. The number of amides is 1. The van der Waals surface area contributed by atoms with Gasteiger partial charge in [-0.15, -0.1) is 0 Å². The Morgan fingerprint density at radius 1 is 1.12 bits per heavy atom. The van der Waals surface area contributed by atoms with E-state index in [4.69, 9.17) is 15.9 Å². The minimum absolute atomic E-state index is 0.0522. The molecule has 0 saturated heterocycles. The molecule has 1 heterocycles. The number of aromatic amines is 1. The van der Waals surface area contributed by atoms with Crippen LogP contribution >= 0.6 is 0 Å². The van der Waals surface area contributed by atoms with Crippen molar-refractivity contribution in [1.82, 2.24) is 14.8 Å². The van der Waals surface area contributed by atoms with Crippen LogP contribution in [0.5, 0.6) is 5.75 Å². The maximum absolute atomic E-state index is 13.6. The number of guanidine groups is 1. The van der Waals surface area contributed by atoms with Gasteiger partial charge in [0.2, 0.25) is 0 Å². The number of benzene rings is 2. The average molecular weight is 476 g/mol. The van der Waals surface area contributed by atoms with Crippen molar-refractivity contribution in [2.75, 3.05) is 20.1 Å². The Labute approximate surface area is 195 Å². The standard InChI is InChI=1S/C24H28F3N5O2/c1-4-32(5-2)13-15-8-6-7-9-16(15)14-34-20-11-10-18(24(25,26)27)17-12-19(30-21(17)20)22(33)31(3)23(28)29/h6-12,30H,4-5,13-14H2,1-3H3,(H3,28,29). The second-order valence-corrected chi connectivity index (χ2v) is 7.85. The highest BCUT2D eigenvalue weighted by Gasteiger charge is 2.34. The third kappa shape index (κ3) is 5.33. The van der Waals surface area contributed by atoms with Crippen LogP contribution in [0.3, 0.4) is 0 Å². The Morgan fingerprint density at radius 3 is 2.35 bits per heavy atom. The maximum Gasteiger partial charge on any atom is 0.417 e. The van der Waals surface area contributed by atoms with Crippen molar-refractivity contribution in [2.24, 2.45) is 5.73 Å². The summed E-state index contributed by atoms with van der Waals surface area (Å²) in [5, 5.41) is 7.22. The van der Waals surface area contributed by atoms with E-state index < -0.39 is 23.6 Å². The molecule has 0 aliphatic heterocycles. The van der Waals surface area contributed by atoms with Gasteiger partial charge in [-0.1, -0.05) is 38.1 Å². The van der Waals surface area contributed by atoms with E-state index >= 15 is 0 Å². The SMILES string of the molecule is CCN(CC)Cc1ccccc1COc1ccc(C(F)(F)F)c2cc(C(=O)N(C)C(=N)N)[nH]c12. The monoisotopic (exact) mass is 475 g/mol. The summed E-state index contributed by atoms with van der Waals surface area (Å²) in [5.41, 5.74) is 6.36. The van der Waals surface area contributed by atoms with Crippen LogP contribution in [0.4, 0.5) is 13.2 Å². The third-order valence-electron chi connectivity index (χ3n) is 5.75. The van der Waals surface area contributed by atoms with E-state index in [1.54, 1.807) is 0 Å². The van der Waals surface area contributed by atoms with E-state index in [2.05, 4.69) is 23.7 Å². The lowest BCUT2D eigenvalue weighted by Gasteiger charge is -2.20. The van der Waals surface area contributed by atoms with Gasteiger partial charge in [0.25, 0.3) is 5.91 Å². The predicted octanol–water partition coefficient (Wildman–Crippen LogP) is 4.57. The van der Waals surface area contributed by atoms with E-state index in [9.17, 15) is 18.0 Å². The number of H-pyrrole nitrogens is 1. The highest BCUT2D eigenvalue weighted by molar-refractivity contribution is 6.06. The van der Waals surface area contributed by atoms with Gasteiger partial charge < -0.3 is 15.5 Å². The highest BCUT2D eigenvalue weighted by Crippen LogP contribution is 2.39. The third-order valence-corrected chi connectivity index (χ3v) is 5.75. The normalized spacial score (nSPS) is 11.7. The molecule has 0 fully saturated rings. The number of carbonyl (C=O) groups is 1. The molecule has 1 aromatic heterocycles. The summed E-state index contributed by atoms with van der Waals surface area (Å²) in [6, 6.07) is 11.0. The van der Waals surface area contributed by atoms with Crippen LogP contribution in [0.15, 0.2) is 42.5 Å². The molecular weight excluding hydrogens is 447 g/mol. The number of nitrogens with one attached hydrogen (secondary N) is 2. The molecule has 0 aliphatic rings. The second-order valence-electron chi connectivity index (χ2n) is 7.85. The Bertz CT molecular complexity index is 1190. The first-order chi connectivity index (χ1) is 16.1. The molecule has 2 aromatic carbocycles. The van der Waals surface area contributed by atoms with E-state index in [1.807, 2.05) is 24.3 Å². The van der Waals surface area contributed by atoms with Crippen LogP contribution < -0.4 is 10.5 Å². The molecule has 3 rings (SSSR count). The lowest BCUT2D eigenvalue weighted by atomic mass is 10.1. The Hall–Kier alpha value is -3.53. The molecule has 0 aliphatic carbocycles. The van der Waals surface area contributed by atoms with Crippen LogP contribution in [0, 0.1) is 5.41 Å². The van der Waals surface area contributed by atoms with Crippen LogP contribution in [0.2, 0.25) is 0 Å². The first-order valence-corrected chi connectivity index (χ1v) is 10.8. The van der Waals surface area contributed by atoms with Crippen molar-refractivity contribution in [3.63, 3.8) is 0 Å². The predicted molar refractivity (Wildman–Crippen MR) is 125 cm³/mol. The van der Waals surface area contributed by atoms with E-state index in [0.717, 1.165) is 47.8 Å². The summed E-state index contributed by atoms with van der Waals surface area (Å²) in [6.45, 7) is 6.81. The first kappa shape index (κ1) is 25.1. The van der Waals surface area contributed by atoms with Crippen molar-refractivity contribution in [2.45, 2.75) is 33.2 Å². The maximum atomic E-state index is 13.6. The first-order valence-electron chi connectivity index (χ1n) is 10.8. The minimum Gasteiger partial charge on any atom is -0.487 e. The van der Waals surface area contributed by atoms with Crippen LogP contribution in [0.25, 0.3) is 10.9 Å². The van der Waals surface area contributed by atoms with Gasteiger partial charge in [-0.2, -0.15) is 13.2 Å². The van der Waals surface area contributed by atoms with Gasteiger partial charge in [-0.3, -0.25) is 20.0 Å². The number of nitrogens with two attached hydrogens (primary N) is 1. The fraction of sp³-hybridized carbons (Fsp3) is 0.333. The van der Waals surface area contributed by atoms with Crippen molar-refractivity contribution in [1.29, 1.82) is 5.41 Å². The fourth-order valence-corrected chi connectivity index (χ4v) is 3.66. The van der Waals surface area contributed by atoms with Gasteiger partial charge in [0.1, 0.15) is 18.1 Å². The van der Waals surface area contributed by atoms with Crippen LogP contribution in [-0.4, -0.2) is 46.8 Å². The molecular formula is C24H28F3N5O2. The molecule has 7 nitrogen and oxygen atoms in total. The zero-order valence-corrected chi connectivity index (χ0v) is 19.3. The van der Waals surface area contributed by atoms with E-state index in [1.165, 1.54) is 13.1 Å². The number of halogens is 3. The molecule has 0 atom stereocenters. The molecule has 0 radical (unpaired) electrons. The number of hydrogen-bond acceptors (Lipinski definition) is 4. The minimum atomic E-state index is -4.62. The number of aromatic nitrogens is 1. The van der Waals surface area contributed by atoms with Gasteiger partial charge in [-0.25, -0.2) is 0 Å². The lowest BCUT2D eigenvalue weighted by molar-refractivity contribution is -0.136. The average Bonchev–Trinajstić information content (AvgIpc) is 3.25. The summed E-state index contributed by atoms with van der Waals surface area (Å²) in [5.74, 6) is -1.07. The topological polar surface area (TPSA) is 98.4 Å². The number of ether oxygens (including phenoxy) is 1. The zero-order valence-electron chi connectivity index (χ0n) is 19.3. The molecule has 3 aromatic rings. The van der Waals surface area contributed by atoms with Crippen molar-refractivity contribution >= 4 is 22.8 Å². The Balaban J connectivity index is 1.98. The highest BCUT2D eigenvalue weighted by atomic mass is 19.4. The molecule has 10 heteroatoms. The van der Waals surface area contributed by atoms with Crippen LogP contribution in [0.1, 0.15) is 41.0 Å².